The van der Waals surface area contributed by atoms with Crippen molar-refractivity contribution in [2.45, 2.75) is 52.5 Å². The number of fused-ring (bicyclic) bond motifs is 1. The van der Waals surface area contributed by atoms with E-state index < -0.39 is 0 Å². The van der Waals surface area contributed by atoms with Gasteiger partial charge < -0.3 is 19.8 Å². The Kier molecular flexibility index (Phi) is 6.12. The standard InChI is InChI=1S/C23H29NO4/c1-4-12-24(21(26)14-28-23-15(2)6-5-7-16(23)3)18-9-10-19-17(13-18)8-11-20(25)22(19)27/h5-8,11,18,25,27H,4,9-10,12-14H2,1-3H3. The number of aryl methyl sites for hydroxylation is 2. The third-order valence-corrected chi connectivity index (χ3v) is 5.52. The molecular formula is C23H29NO4. The molecule has 0 aliphatic heterocycles. The molecule has 0 saturated carbocycles. The number of rotatable bonds is 6. The molecule has 150 valence electrons. The highest BCUT2D eigenvalue weighted by atomic mass is 16.5. The van der Waals surface area contributed by atoms with Gasteiger partial charge in [0.1, 0.15) is 5.75 Å². The van der Waals surface area contributed by atoms with Crippen LogP contribution in [0.25, 0.3) is 0 Å². The first kappa shape index (κ1) is 20.1. The van der Waals surface area contributed by atoms with Gasteiger partial charge in [0.2, 0.25) is 0 Å². The number of amides is 1. The van der Waals surface area contributed by atoms with Crippen LogP contribution in [0.3, 0.4) is 0 Å². The smallest absolute Gasteiger partial charge is 0.260 e. The molecule has 1 unspecified atom stereocenters. The number of carbonyl (C=O) groups is 1. The zero-order valence-electron chi connectivity index (χ0n) is 16.9. The maximum Gasteiger partial charge on any atom is 0.260 e. The van der Waals surface area contributed by atoms with Crippen LogP contribution in [0.15, 0.2) is 30.3 Å². The van der Waals surface area contributed by atoms with E-state index in [0.29, 0.717) is 19.4 Å². The molecule has 2 aromatic carbocycles. The van der Waals surface area contributed by atoms with Gasteiger partial charge in [-0.25, -0.2) is 0 Å². The zero-order chi connectivity index (χ0) is 20.3. The SMILES string of the molecule is CCCN(C(=O)COc1c(C)cccc1C)C1CCc2c(ccc(O)c2O)C1. The highest BCUT2D eigenvalue weighted by molar-refractivity contribution is 5.78. The Morgan fingerprint density at radius 3 is 2.57 bits per heavy atom. The molecule has 0 bridgehead atoms. The van der Waals surface area contributed by atoms with Crippen LogP contribution < -0.4 is 4.74 Å². The largest absolute Gasteiger partial charge is 0.504 e. The van der Waals surface area contributed by atoms with Gasteiger partial charge in [-0.2, -0.15) is 0 Å². The maximum atomic E-state index is 13.0. The Bertz CT molecular complexity index is 842. The topological polar surface area (TPSA) is 70.0 Å². The summed E-state index contributed by atoms with van der Waals surface area (Å²) >= 11 is 0. The first-order valence-corrected chi connectivity index (χ1v) is 9.93. The maximum absolute atomic E-state index is 13.0. The zero-order valence-corrected chi connectivity index (χ0v) is 16.9. The summed E-state index contributed by atoms with van der Waals surface area (Å²) in [7, 11) is 0. The molecule has 2 aromatic rings. The normalized spacial score (nSPS) is 15.8. The molecule has 5 heteroatoms. The van der Waals surface area contributed by atoms with Crippen molar-refractivity contribution in [2.24, 2.45) is 0 Å². The number of carbonyl (C=O) groups excluding carboxylic acids is 1. The van der Waals surface area contributed by atoms with Crippen molar-refractivity contribution in [1.29, 1.82) is 0 Å². The second-order valence-corrected chi connectivity index (χ2v) is 7.56. The van der Waals surface area contributed by atoms with Crippen LogP contribution in [0.4, 0.5) is 0 Å². The summed E-state index contributed by atoms with van der Waals surface area (Å²) in [6, 6.07) is 9.39. The summed E-state index contributed by atoms with van der Waals surface area (Å²) < 4.78 is 5.89. The van der Waals surface area contributed by atoms with Gasteiger partial charge in [-0.15, -0.1) is 0 Å². The molecule has 3 rings (SSSR count). The Morgan fingerprint density at radius 1 is 1.18 bits per heavy atom. The molecule has 0 heterocycles. The number of phenolic OH excluding ortho intramolecular Hbond substituents is 2. The fourth-order valence-electron chi connectivity index (χ4n) is 4.06. The van der Waals surface area contributed by atoms with E-state index in [-0.39, 0.29) is 30.1 Å². The van der Waals surface area contributed by atoms with Crippen molar-refractivity contribution >= 4 is 5.91 Å². The van der Waals surface area contributed by atoms with Gasteiger partial charge in [0, 0.05) is 18.2 Å². The van der Waals surface area contributed by atoms with Gasteiger partial charge in [0.15, 0.2) is 18.1 Å². The second-order valence-electron chi connectivity index (χ2n) is 7.56. The minimum absolute atomic E-state index is 0.0130. The van der Waals surface area contributed by atoms with Crippen molar-refractivity contribution < 1.29 is 19.7 Å². The Labute approximate surface area is 166 Å². The molecule has 1 aliphatic carbocycles. The Hall–Kier alpha value is -2.69. The number of hydrogen-bond acceptors (Lipinski definition) is 4. The first-order valence-electron chi connectivity index (χ1n) is 9.93. The molecule has 5 nitrogen and oxygen atoms in total. The molecular weight excluding hydrogens is 354 g/mol. The summed E-state index contributed by atoms with van der Waals surface area (Å²) in [4.78, 5) is 14.9. The molecule has 1 amide bonds. The summed E-state index contributed by atoms with van der Waals surface area (Å²) in [5, 5.41) is 19.8. The fourth-order valence-corrected chi connectivity index (χ4v) is 4.06. The third-order valence-electron chi connectivity index (χ3n) is 5.52. The number of para-hydroxylation sites is 1. The van der Waals surface area contributed by atoms with Crippen LogP contribution in [0.1, 0.15) is 42.0 Å². The van der Waals surface area contributed by atoms with E-state index in [1.165, 1.54) is 6.07 Å². The van der Waals surface area contributed by atoms with Gasteiger partial charge in [-0.3, -0.25) is 4.79 Å². The number of ether oxygens (including phenoxy) is 1. The van der Waals surface area contributed by atoms with Crippen LogP contribution in [0.5, 0.6) is 17.2 Å². The molecule has 0 saturated heterocycles. The van der Waals surface area contributed by atoms with Crippen LogP contribution in [0, 0.1) is 13.8 Å². The van der Waals surface area contributed by atoms with Gasteiger partial charge in [0.25, 0.3) is 5.91 Å². The van der Waals surface area contributed by atoms with Gasteiger partial charge in [-0.1, -0.05) is 31.2 Å². The average molecular weight is 383 g/mol. The van der Waals surface area contributed by atoms with E-state index in [0.717, 1.165) is 40.8 Å². The van der Waals surface area contributed by atoms with Gasteiger partial charge in [-0.05, 0) is 62.3 Å². The molecule has 2 N–H and O–H groups in total. The number of hydrogen-bond donors (Lipinski definition) is 2. The van der Waals surface area contributed by atoms with Gasteiger partial charge >= 0.3 is 0 Å². The highest BCUT2D eigenvalue weighted by Gasteiger charge is 2.29. The quantitative estimate of drug-likeness (QED) is 0.743. The first-order chi connectivity index (χ1) is 13.4. The lowest BCUT2D eigenvalue weighted by Gasteiger charge is -2.35. The van der Waals surface area contributed by atoms with Crippen molar-refractivity contribution in [3.05, 3.63) is 52.6 Å². The van der Waals surface area contributed by atoms with Crippen LogP contribution in [-0.2, 0) is 17.6 Å². The van der Waals surface area contributed by atoms with Gasteiger partial charge in [0.05, 0.1) is 0 Å². The lowest BCUT2D eigenvalue weighted by Crippen LogP contribution is -2.46. The summed E-state index contributed by atoms with van der Waals surface area (Å²) in [6.45, 7) is 6.73. The number of aromatic hydroxyl groups is 2. The summed E-state index contributed by atoms with van der Waals surface area (Å²) in [6.07, 6.45) is 2.96. The number of phenols is 2. The predicted octanol–water partition coefficient (Wildman–Crippen LogP) is 3.89. The second kappa shape index (κ2) is 8.55. The van der Waals surface area contributed by atoms with Crippen molar-refractivity contribution in [3.63, 3.8) is 0 Å². The molecule has 0 fully saturated rings. The van der Waals surface area contributed by atoms with E-state index in [1.54, 1.807) is 0 Å². The third kappa shape index (κ3) is 4.08. The van der Waals surface area contributed by atoms with E-state index in [1.807, 2.05) is 43.0 Å². The van der Waals surface area contributed by atoms with Crippen LogP contribution in [0.2, 0.25) is 0 Å². The van der Waals surface area contributed by atoms with Crippen molar-refractivity contribution in [3.8, 4) is 17.2 Å². The Balaban J connectivity index is 1.72. The summed E-state index contributed by atoms with van der Waals surface area (Å²) in [5.41, 5.74) is 3.84. The van der Waals surface area contributed by atoms with Crippen LogP contribution >= 0.6 is 0 Å². The number of benzene rings is 2. The molecule has 1 aliphatic rings. The number of nitrogens with zero attached hydrogens (tertiary/aromatic N) is 1. The predicted molar refractivity (Wildman–Crippen MR) is 109 cm³/mol. The van der Waals surface area contributed by atoms with Crippen molar-refractivity contribution in [2.75, 3.05) is 13.2 Å². The molecule has 0 aromatic heterocycles. The Morgan fingerprint density at radius 2 is 1.89 bits per heavy atom. The van der Waals surface area contributed by atoms with Crippen LogP contribution in [-0.4, -0.2) is 40.2 Å². The van der Waals surface area contributed by atoms with E-state index in [4.69, 9.17) is 4.74 Å². The highest BCUT2D eigenvalue weighted by Crippen LogP contribution is 2.36. The minimum atomic E-state index is -0.0827. The summed E-state index contributed by atoms with van der Waals surface area (Å²) in [5.74, 6) is 0.658. The lowest BCUT2D eigenvalue weighted by molar-refractivity contribution is -0.136. The minimum Gasteiger partial charge on any atom is -0.504 e. The lowest BCUT2D eigenvalue weighted by atomic mass is 9.86. The van der Waals surface area contributed by atoms with E-state index >= 15 is 0 Å². The molecule has 28 heavy (non-hydrogen) atoms. The van der Waals surface area contributed by atoms with E-state index in [9.17, 15) is 15.0 Å². The molecule has 0 spiro atoms. The molecule has 0 radical (unpaired) electrons. The fraction of sp³-hybridized carbons (Fsp3) is 0.435. The van der Waals surface area contributed by atoms with Crippen molar-refractivity contribution in [1.82, 2.24) is 4.90 Å². The monoisotopic (exact) mass is 383 g/mol. The average Bonchev–Trinajstić information content (AvgIpc) is 2.68. The molecule has 1 atom stereocenters. The van der Waals surface area contributed by atoms with E-state index in [2.05, 4.69) is 6.92 Å².